The third-order valence-corrected chi connectivity index (χ3v) is 1.74. The van der Waals surface area contributed by atoms with Gasteiger partial charge in [-0.1, -0.05) is 0 Å². The van der Waals surface area contributed by atoms with Crippen molar-refractivity contribution >= 4 is 11.9 Å². The molecule has 2 atom stereocenters. The molecule has 0 saturated carbocycles. The van der Waals surface area contributed by atoms with Crippen LogP contribution in [0.4, 0.5) is 0 Å². The van der Waals surface area contributed by atoms with Gasteiger partial charge in [0.05, 0.1) is 6.17 Å². The van der Waals surface area contributed by atoms with Gasteiger partial charge in [0.1, 0.15) is 6.04 Å². The second kappa shape index (κ2) is 6.33. The van der Waals surface area contributed by atoms with Crippen LogP contribution in [-0.4, -0.2) is 29.2 Å². The van der Waals surface area contributed by atoms with Gasteiger partial charge in [0.15, 0.2) is 0 Å². The van der Waals surface area contributed by atoms with Crippen LogP contribution in [-0.2, 0) is 9.59 Å². The summed E-state index contributed by atoms with van der Waals surface area (Å²) in [6.45, 7) is 1.38. The first-order valence-corrected chi connectivity index (χ1v) is 4.44. The second-order valence-electron chi connectivity index (χ2n) is 3.18. The van der Waals surface area contributed by atoms with Crippen molar-refractivity contribution in [3.8, 4) is 0 Å². The Morgan fingerprint density at radius 2 is 1.93 bits per heavy atom. The Morgan fingerprint density at radius 1 is 1.36 bits per heavy atom. The Kier molecular flexibility index (Phi) is 5.82. The highest BCUT2D eigenvalue weighted by Gasteiger charge is 2.11. The molecule has 0 bridgehead atoms. The van der Waals surface area contributed by atoms with Gasteiger partial charge in [-0.25, -0.2) is 0 Å². The molecular formula is C8H17N3O3. The van der Waals surface area contributed by atoms with Gasteiger partial charge < -0.3 is 21.9 Å². The molecule has 0 rings (SSSR count). The molecule has 0 aromatic carbocycles. The van der Waals surface area contributed by atoms with E-state index >= 15 is 0 Å². The summed E-state index contributed by atoms with van der Waals surface area (Å²) in [6.07, 6.45) is 1.05. The lowest BCUT2D eigenvalue weighted by molar-refractivity contribution is -0.138. The first-order valence-electron chi connectivity index (χ1n) is 4.44. The molecule has 6 N–H and O–H groups in total. The van der Waals surface area contributed by atoms with Gasteiger partial charge in [-0.3, -0.25) is 9.59 Å². The fourth-order valence-corrected chi connectivity index (χ4v) is 1.01. The summed E-state index contributed by atoms with van der Waals surface area (Å²) in [5, 5.41) is 11.0. The maximum atomic E-state index is 10.5. The van der Waals surface area contributed by atoms with Crippen LogP contribution in [0.5, 0.6) is 0 Å². The molecular weight excluding hydrogens is 186 g/mol. The van der Waals surface area contributed by atoms with E-state index in [0.717, 1.165) is 0 Å². The molecule has 0 heterocycles. The van der Waals surface area contributed by atoms with Gasteiger partial charge in [0.2, 0.25) is 5.91 Å². The highest BCUT2D eigenvalue weighted by atomic mass is 16.4. The maximum absolute atomic E-state index is 10.5. The number of carbonyl (C=O) groups is 2. The molecule has 0 aliphatic heterocycles. The van der Waals surface area contributed by atoms with Crippen molar-refractivity contribution in [2.45, 2.75) is 38.4 Å². The van der Waals surface area contributed by atoms with Crippen molar-refractivity contribution in [3.05, 3.63) is 0 Å². The lowest BCUT2D eigenvalue weighted by Gasteiger charge is -2.12. The molecule has 6 nitrogen and oxygen atoms in total. The molecule has 0 radical (unpaired) electrons. The zero-order valence-corrected chi connectivity index (χ0v) is 8.19. The Hall–Kier alpha value is -1.14. The Balaban J connectivity index is 3.53. The number of carboxylic acids is 1. The van der Waals surface area contributed by atoms with Crippen LogP contribution < -0.4 is 16.8 Å². The van der Waals surface area contributed by atoms with E-state index in [2.05, 4.69) is 5.32 Å². The number of carbonyl (C=O) groups excluding carboxylic acids is 1. The molecule has 0 fully saturated rings. The summed E-state index contributed by atoms with van der Waals surface area (Å²) in [4.78, 5) is 20.9. The molecule has 0 aliphatic rings. The summed E-state index contributed by atoms with van der Waals surface area (Å²) in [5.74, 6) is -1.21. The van der Waals surface area contributed by atoms with E-state index in [-0.39, 0.29) is 5.91 Å². The van der Waals surface area contributed by atoms with E-state index in [9.17, 15) is 9.59 Å². The lowest BCUT2D eigenvalue weighted by Crippen LogP contribution is -2.40. The van der Waals surface area contributed by atoms with Crippen molar-refractivity contribution in [2.24, 2.45) is 11.5 Å². The summed E-state index contributed by atoms with van der Waals surface area (Å²) in [5.41, 5.74) is 10.8. The van der Waals surface area contributed by atoms with Crippen molar-refractivity contribution in [3.63, 3.8) is 0 Å². The van der Waals surface area contributed by atoms with E-state index < -0.39 is 18.2 Å². The zero-order valence-electron chi connectivity index (χ0n) is 8.19. The van der Waals surface area contributed by atoms with Gasteiger partial charge in [0.25, 0.3) is 0 Å². The standard InChI is InChI=1S/C8H17N3O3/c1-5(12)11-7(10)4-2-3-6(9)8(13)14/h6-7H,2-4,9-10H2,1H3,(H,11,12)(H,13,14)/t6-,7?/m0/s1. The van der Waals surface area contributed by atoms with Crippen LogP contribution in [0.15, 0.2) is 0 Å². The monoisotopic (exact) mass is 203 g/mol. The fraction of sp³-hybridized carbons (Fsp3) is 0.750. The predicted octanol–water partition coefficient (Wildman–Crippen LogP) is -1.01. The topological polar surface area (TPSA) is 118 Å². The molecule has 0 aromatic rings. The lowest BCUT2D eigenvalue weighted by atomic mass is 10.1. The second-order valence-corrected chi connectivity index (χ2v) is 3.18. The maximum Gasteiger partial charge on any atom is 0.320 e. The van der Waals surface area contributed by atoms with Crippen LogP contribution in [0.2, 0.25) is 0 Å². The van der Waals surface area contributed by atoms with E-state index in [1.54, 1.807) is 0 Å². The molecule has 14 heavy (non-hydrogen) atoms. The number of carboxylic acid groups (broad SMARTS) is 1. The highest BCUT2D eigenvalue weighted by Crippen LogP contribution is 2.00. The van der Waals surface area contributed by atoms with Crippen molar-refractivity contribution in [1.29, 1.82) is 0 Å². The number of hydrogen-bond acceptors (Lipinski definition) is 4. The van der Waals surface area contributed by atoms with Crippen LogP contribution in [0.25, 0.3) is 0 Å². The van der Waals surface area contributed by atoms with Gasteiger partial charge in [-0.2, -0.15) is 0 Å². The molecule has 0 spiro atoms. The SMILES string of the molecule is CC(=O)NC(N)CCC[C@H](N)C(=O)O. The number of rotatable bonds is 6. The smallest absolute Gasteiger partial charge is 0.320 e. The summed E-state index contributed by atoms with van der Waals surface area (Å²) < 4.78 is 0. The Bertz CT molecular complexity index is 208. The van der Waals surface area contributed by atoms with Gasteiger partial charge >= 0.3 is 5.97 Å². The minimum absolute atomic E-state index is 0.194. The molecule has 1 unspecified atom stereocenters. The summed E-state index contributed by atoms with van der Waals surface area (Å²) in [7, 11) is 0. The number of aliphatic carboxylic acids is 1. The third-order valence-electron chi connectivity index (χ3n) is 1.74. The van der Waals surface area contributed by atoms with Crippen LogP contribution in [0.3, 0.4) is 0 Å². The largest absolute Gasteiger partial charge is 0.480 e. The molecule has 0 aliphatic carbocycles. The average molecular weight is 203 g/mol. The van der Waals surface area contributed by atoms with E-state index in [0.29, 0.717) is 19.3 Å². The minimum atomic E-state index is -1.02. The van der Waals surface area contributed by atoms with Gasteiger partial charge in [-0.05, 0) is 19.3 Å². The Morgan fingerprint density at radius 3 is 2.36 bits per heavy atom. The van der Waals surface area contributed by atoms with Crippen molar-refractivity contribution < 1.29 is 14.7 Å². The third kappa shape index (κ3) is 6.38. The first kappa shape index (κ1) is 12.9. The minimum Gasteiger partial charge on any atom is -0.480 e. The number of hydrogen-bond donors (Lipinski definition) is 4. The van der Waals surface area contributed by atoms with Crippen molar-refractivity contribution in [1.82, 2.24) is 5.32 Å². The summed E-state index contributed by atoms with van der Waals surface area (Å²) in [6, 6.07) is -0.848. The number of nitrogens with one attached hydrogen (secondary N) is 1. The molecule has 0 aromatic heterocycles. The predicted molar refractivity (Wildman–Crippen MR) is 51.3 cm³/mol. The molecule has 82 valence electrons. The highest BCUT2D eigenvalue weighted by molar-refractivity contribution is 5.73. The first-order chi connectivity index (χ1) is 6.43. The molecule has 0 saturated heterocycles. The number of nitrogens with two attached hydrogens (primary N) is 2. The van der Waals surface area contributed by atoms with Crippen LogP contribution in [0, 0.1) is 0 Å². The molecule has 1 amide bonds. The van der Waals surface area contributed by atoms with Gasteiger partial charge in [0, 0.05) is 6.92 Å². The summed E-state index contributed by atoms with van der Waals surface area (Å²) >= 11 is 0. The normalized spacial score (nSPS) is 14.5. The zero-order chi connectivity index (χ0) is 11.1. The van der Waals surface area contributed by atoms with Crippen LogP contribution >= 0.6 is 0 Å². The quantitative estimate of drug-likeness (QED) is 0.412. The van der Waals surface area contributed by atoms with E-state index in [4.69, 9.17) is 16.6 Å². The number of amides is 1. The van der Waals surface area contributed by atoms with Gasteiger partial charge in [-0.15, -0.1) is 0 Å². The molecule has 6 heteroatoms. The van der Waals surface area contributed by atoms with Crippen LogP contribution in [0.1, 0.15) is 26.2 Å². The van der Waals surface area contributed by atoms with Crippen molar-refractivity contribution in [2.75, 3.05) is 0 Å². The average Bonchev–Trinajstić information content (AvgIpc) is 2.02. The fourth-order valence-electron chi connectivity index (χ4n) is 1.01. The van der Waals surface area contributed by atoms with E-state index in [1.165, 1.54) is 6.92 Å². The van der Waals surface area contributed by atoms with E-state index in [1.807, 2.05) is 0 Å². The Labute approximate surface area is 82.6 Å².